The third-order valence-corrected chi connectivity index (χ3v) is 4.51. The van der Waals surface area contributed by atoms with Gasteiger partial charge in [0.15, 0.2) is 5.69 Å². The lowest BCUT2D eigenvalue weighted by atomic mass is 10.1. The monoisotopic (exact) mass is 267 g/mol. The predicted molar refractivity (Wildman–Crippen MR) is 72.0 cm³/mol. The number of hydrogen-bond acceptors (Lipinski definition) is 6. The third-order valence-electron chi connectivity index (χ3n) is 2.97. The number of hydrogen-bond donors (Lipinski definition) is 1. The van der Waals surface area contributed by atoms with Gasteiger partial charge in [0.05, 0.1) is 19.5 Å². The van der Waals surface area contributed by atoms with Gasteiger partial charge in [0.1, 0.15) is 5.82 Å². The number of thioether (sulfide) groups is 1. The van der Waals surface area contributed by atoms with Gasteiger partial charge in [0, 0.05) is 11.3 Å². The van der Waals surface area contributed by atoms with E-state index in [1.165, 1.54) is 31.9 Å². The van der Waals surface area contributed by atoms with E-state index in [0.717, 1.165) is 6.54 Å². The fraction of sp³-hybridized carbons (Fsp3) is 0.583. The van der Waals surface area contributed by atoms with Gasteiger partial charge in [-0.05, 0) is 25.5 Å². The van der Waals surface area contributed by atoms with E-state index in [-0.39, 0.29) is 10.4 Å². The summed E-state index contributed by atoms with van der Waals surface area (Å²) in [5.41, 5.74) is 0.228. The molecule has 0 aromatic carbocycles. The molecule has 1 aliphatic heterocycles. The van der Waals surface area contributed by atoms with Crippen LogP contribution >= 0.6 is 11.8 Å². The van der Waals surface area contributed by atoms with Crippen LogP contribution in [0.4, 0.5) is 5.82 Å². The van der Waals surface area contributed by atoms with Crippen LogP contribution in [0.15, 0.2) is 12.4 Å². The van der Waals surface area contributed by atoms with Crippen LogP contribution in [-0.2, 0) is 4.74 Å². The van der Waals surface area contributed by atoms with E-state index in [1.807, 2.05) is 11.8 Å². The van der Waals surface area contributed by atoms with Crippen molar-refractivity contribution in [2.45, 2.75) is 24.5 Å². The van der Waals surface area contributed by atoms with Crippen molar-refractivity contribution in [3.05, 3.63) is 18.1 Å². The molecule has 0 saturated carbocycles. The first kappa shape index (κ1) is 13.1. The summed E-state index contributed by atoms with van der Waals surface area (Å²) in [5.74, 6) is 1.37. The highest BCUT2D eigenvalue weighted by molar-refractivity contribution is 8.00. The number of ether oxygens (including phenoxy) is 1. The molecule has 0 spiro atoms. The molecule has 0 radical (unpaired) electrons. The van der Waals surface area contributed by atoms with Gasteiger partial charge in [-0.2, -0.15) is 11.8 Å². The zero-order valence-corrected chi connectivity index (χ0v) is 11.4. The van der Waals surface area contributed by atoms with Crippen LogP contribution in [0.3, 0.4) is 0 Å². The zero-order chi connectivity index (χ0) is 13.0. The van der Waals surface area contributed by atoms with Crippen LogP contribution in [0.1, 0.15) is 30.3 Å². The summed E-state index contributed by atoms with van der Waals surface area (Å²) in [6, 6.07) is 0. The Balaban J connectivity index is 1.99. The van der Waals surface area contributed by atoms with E-state index in [0.29, 0.717) is 5.82 Å². The summed E-state index contributed by atoms with van der Waals surface area (Å²) in [4.78, 5) is 19.5. The van der Waals surface area contributed by atoms with Crippen molar-refractivity contribution in [2.75, 3.05) is 24.7 Å². The minimum atomic E-state index is -0.465. The Bertz CT molecular complexity index is 433. The molecule has 1 aliphatic rings. The minimum absolute atomic E-state index is 0.228. The normalized spacial score (nSPS) is 22.8. The average molecular weight is 267 g/mol. The number of nitrogens with one attached hydrogen (secondary N) is 1. The van der Waals surface area contributed by atoms with Gasteiger partial charge < -0.3 is 10.1 Å². The highest BCUT2D eigenvalue weighted by atomic mass is 32.2. The van der Waals surface area contributed by atoms with E-state index in [9.17, 15) is 4.79 Å². The topological polar surface area (TPSA) is 64.1 Å². The van der Waals surface area contributed by atoms with E-state index >= 15 is 0 Å². The van der Waals surface area contributed by atoms with Gasteiger partial charge in [0.25, 0.3) is 0 Å². The van der Waals surface area contributed by atoms with E-state index in [4.69, 9.17) is 0 Å². The summed E-state index contributed by atoms with van der Waals surface area (Å²) < 4.78 is 4.87. The maximum Gasteiger partial charge on any atom is 0.358 e. The fourth-order valence-corrected chi connectivity index (χ4v) is 3.15. The summed E-state index contributed by atoms with van der Waals surface area (Å²) >= 11 is 1.98. The quantitative estimate of drug-likeness (QED) is 0.841. The lowest BCUT2D eigenvalue weighted by molar-refractivity contribution is 0.0593. The Morgan fingerprint density at radius 2 is 2.44 bits per heavy atom. The number of rotatable bonds is 4. The molecule has 1 saturated heterocycles. The Morgan fingerprint density at radius 3 is 3.11 bits per heavy atom. The van der Waals surface area contributed by atoms with Gasteiger partial charge in [0.2, 0.25) is 0 Å². The van der Waals surface area contributed by atoms with Crippen molar-refractivity contribution in [1.29, 1.82) is 0 Å². The Morgan fingerprint density at radius 1 is 1.61 bits per heavy atom. The van der Waals surface area contributed by atoms with Crippen molar-refractivity contribution < 1.29 is 9.53 Å². The number of methoxy groups -OCH3 is 1. The zero-order valence-electron chi connectivity index (χ0n) is 10.6. The number of anilines is 1. The van der Waals surface area contributed by atoms with Gasteiger partial charge in [-0.3, -0.25) is 4.98 Å². The SMILES string of the molecule is COC(=O)c1cncc(NCC2(C)CCCS2)n1. The van der Waals surface area contributed by atoms with Gasteiger partial charge in [-0.15, -0.1) is 0 Å². The summed E-state index contributed by atoms with van der Waals surface area (Å²) in [6.45, 7) is 3.08. The minimum Gasteiger partial charge on any atom is -0.464 e. The Kier molecular flexibility index (Phi) is 4.06. The molecule has 1 unspecified atom stereocenters. The lowest BCUT2D eigenvalue weighted by Gasteiger charge is -2.23. The van der Waals surface area contributed by atoms with Crippen molar-refractivity contribution in [2.24, 2.45) is 0 Å². The molecule has 0 aliphatic carbocycles. The largest absolute Gasteiger partial charge is 0.464 e. The number of carbonyl (C=O) groups is 1. The molecule has 2 rings (SSSR count). The van der Waals surface area contributed by atoms with Crippen LogP contribution in [0.2, 0.25) is 0 Å². The standard InChI is InChI=1S/C12H17N3O2S/c1-12(4-3-5-18-12)8-14-10-7-13-6-9(15-10)11(16)17-2/h6-7H,3-5,8H2,1-2H3,(H,14,15). The van der Waals surface area contributed by atoms with E-state index in [1.54, 1.807) is 6.20 Å². The first-order valence-electron chi connectivity index (χ1n) is 5.91. The Labute approximate surface area is 111 Å². The molecule has 1 fully saturated rings. The van der Waals surface area contributed by atoms with Crippen LogP contribution in [0.25, 0.3) is 0 Å². The molecule has 98 valence electrons. The van der Waals surface area contributed by atoms with Crippen molar-refractivity contribution in [3.8, 4) is 0 Å². The van der Waals surface area contributed by atoms with Crippen LogP contribution in [-0.4, -0.2) is 40.1 Å². The summed E-state index contributed by atoms with van der Waals surface area (Å²) in [7, 11) is 1.33. The van der Waals surface area contributed by atoms with Crippen molar-refractivity contribution in [1.82, 2.24) is 9.97 Å². The third kappa shape index (κ3) is 3.13. The van der Waals surface area contributed by atoms with E-state index < -0.39 is 5.97 Å². The van der Waals surface area contributed by atoms with Gasteiger partial charge in [-0.1, -0.05) is 0 Å². The molecule has 2 heterocycles. The molecule has 1 N–H and O–H groups in total. The first-order chi connectivity index (χ1) is 8.63. The molecular formula is C12H17N3O2S. The molecule has 1 aromatic heterocycles. The average Bonchev–Trinajstić information content (AvgIpc) is 2.83. The number of carbonyl (C=O) groups excluding carboxylic acids is 1. The molecule has 0 bridgehead atoms. The second kappa shape index (κ2) is 5.56. The molecule has 1 atom stereocenters. The predicted octanol–water partition coefficient (Wildman–Crippen LogP) is 1.96. The second-order valence-corrected chi connectivity index (χ2v) is 6.22. The maximum absolute atomic E-state index is 11.3. The van der Waals surface area contributed by atoms with E-state index in [2.05, 4.69) is 26.9 Å². The second-order valence-electron chi connectivity index (χ2n) is 4.54. The molecule has 5 nitrogen and oxygen atoms in total. The van der Waals surface area contributed by atoms with Crippen molar-refractivity contribution in [3.63, 3.8) is 0 Å². The highest BCUT2D eigenvalue weighted by Gasteiger charge is 2.29. The first-order valence-corrected chi connectivity index (χ1v) is 6.90. The lowest BCUT2D eigenvalue weighted by Crippen LogP contribution is -2.27. The molecular weight excluding hydrogens is 250 g/mol. The molecule has 18 heavy (non-hydrogen) atoms. The number of aromatic nitrogens is 2. The number of esters is 1. The summed E-state index contributed by atoms with van der Waals surface area (Å²) in [5, 5.41) is 3.24. The maximum atomic E-state index is 11.3. The highest BCUT2D eigenvalue weighted by Crippen LogP contribution is 2.37. The smallest absolute Gasteiger partial charge is 0.358 e. The van der Waals surface area contributed by atoms with Gasteiger partial charge >= 0.3 is 5.97 Å². The van der Waals surface area contributed by atoms with Crippen molar-refractivity contribution >= 4 is 23.5 Å². The van der Waals surface area contributed by atoms with Crippen LogP contribution in [0, 0.1) is 0 Å². The summed E-state index contributed by atoms with van der Waals surface area (Å²) in [6.07, 6.45) is 5.49. The Hall–Kier alpha value is -1.30. The van der Waals surface area contributed by atoms with Crippen LogP contribution < -0.4 is 5.32 Å². The molecule has 1 aromatic rings. The van der Waals surface area contributed by atoms with Gasteiger partial charge in [-0.25, -0.2) is 9.78 Å². The number of nitrogens with zero attached hydrogens (tertiary/aromatic N) is 2. The fourth-order valence-electron chi connectivity index (χ4n) is 1.91. The molecule has 6 heteroatoms. The van der Waals surface area contributed by atoms with Crippen LogP contribution in [0.5, 0.6) is 0 Å². The molecule has 0 amide bonds.